The van der Waals surface area contributed by atoms with Crippen molar-refractivity contribution in [3.05, 3.63) is 46.2 Å². The number of rotatable bonds is 4. The molecule has 0 aliphatic heterocycles. The molecule has 0 aliphatic rings. The molecule has 0 radical (unpaired) electrons. The van der Waals surface area contributed by atoms with Crippen LogP contribution in [0.3, 0.4) is 0 Å². The first-order valence-electron chi connectivity index (χ1n) is 6.15. The van der Waals surface area contributed by atoms with Gasteiger partial charge in [-0.05, 0) is 38.0 Å². The number of hydrogen-bond acceptors (Lipinski definition) is 4. The van der Waals surface area contributed by atoms with Crippen LogP contribution in [0, 0.1) is 13.8 Å². The van der Waals surface area contributed by atoms with Crippen LogP contribution in [0.4, 0.5) is 11.6 Å². The van der Waals surface area contributed by atoms with E-state index in [0.717, 1.165) is 29.4 Å². The summed E-state index contributed by atoms with van der Waals surface area (Å²) in [6.07, 6.45) is 0.902. The SMILES string of the molecule is Cc1nc(N)c(C)c(NCCc2ccc(Cl)cc2)n1. The molecular weight excluding hydrogens is 260 g/mol. The van der Waals surface area contributed by atoms with Crippen molar-refractivity contribution < 1.29 is 0 Å². The Morgan fingerprint density at radius 1 is 1.16 bits per heavy atom. The normalized spacial score (nSPS) is 10.5. The Hall–Kier alpha value is -1.81. The molecule has 5 heteroatoms. The molecule has 0 amide bonds. The first kappa shape index (κ1) is 13.6. The fraction of sp³-hybridized carbons (Fsp3) is 0.286. The monoisotopic (exact) mass is 276 g/mol. The first-order valence-corrected chi connectivity index (χ1v) is 6.53. The van der Waals surface area contributed by atoms with Crippen LogP contribution in [0.25, 0.3) is 0 Å². The zero-order chi connectivity index (χ0) is 13.8. The predicted molar refractivity (Wildman–Crippen MR) is 79.6 cm³/mol. The molecule has 2 aromatic rings. The van der Waals surface area contributed by atoms with Gasteiger partial charge in [0.05, 0.1) is 0 Å². The molecule has 0 aliphatic carbocycles. The Morgan fingerprint density at radius 2 is 1.84 bits per heavy atom. The second-order valence-corrected chi connectivity index (χ2v) is 4.87. The van der Waals surface area contributed by atoms with Crippen LogP contribution in [0.15, 0.2) is 24.3 Å². The van der Waals surface area contributed by atoms with Gasteiger partial charge in [-0.1, -0.05) is 23.7 Å². The zero-order valence-electron chi connectivity index (χ0n) is 11.1. The smallest absolute Gasteiger partial charge is 0.134 e. The Labute approximate surface area is 118 Å². The summed E-state index contributed by atoms with van der Waals surface area (Å²) in [6.45, 7) is 4.54. The number of benzene rings is 1. The quantitative estimate of drug-likeness (QED) is 0.901. The van der Waals surface area contributed by atoms with Gasteiger partial charge in [-0.2, -0.15) is 0 Å². The fourth-order valence-electron chi connectivity index (χ4n) is 1.80. The number of halogens is 1. The van der Waals surface area contributed by atoms with E-state index in [1.807, 2.05) is 38.1 Å². The van der Waals surface area contributed by atoms with Crippen LogP contribution < -0.4 is 11.1 Å². The van der Waals surface area contributed by atoms with Gasteiger partial charge in [-0.3, -0.25) is 0 Å². The standard InChI is InChI=1S/C14H17ClN4/c1-9-13(16)18-10(2)19-14(9)17-8-7-11-3-5-12(15)6-4-11/h3-6H,7-8H2,1-2H3,(H3,16,17,18,19). The summed E-state index contributed by atoms with van der Waals surface area (Å²) in [6, 6.07) is 7.84. The molecular formula is C14H17ClN4. The summed E-state index contributed by atoms with van der Waals surface area (Å²) in [5, 5.41) is 4.05. The lowest BCUT2D eigenvalue weighted by atomic mass is 10.1. The van der Waals surface area contributed by atoms with E-state index in [1.54, 1.807) is 0 Å². The molecule has 1 heterocycles. The predicted octanol–water partition coefficient (Wildman–Crippen LogP) is 2.98. The third-order valence-corrected chi connectivity index (χ3v) is 3.17. The maximum atomic E-state index is 5.85. The molecule has 0 bridgehead atoms. The molecule has 19 heavy (non-hydrogen) atoms. The number of nitrogens with one attached hydrogen (secondary N) is 1. The average molecular weight is 277 g/mol. The zero-order valence-corrected chi connectivity index (χ0v) is 11.8. The molecule has 0 unspecified atom stereocenters. The lowest BCUT2D eigenvalue weighted by Crippen LogP contribution is -2.10. The minimum absolute atomic E-state index is 0.529. The van der Waals surface area contributed by atoms with Crippen LogP contribution in [-0.4, -0.2) is 16.5 Å². The second-order valence-electron chi connectivity index (χ2n) is 4.43. The number of nitrogens with two attached hydrogens (primary N) is 1. The molecule has 2 rings (SSSR count). The summed E-state index contributed by atoms with van der Waals surface area (Å²) in [5.74, 6) is 2.01. The summed E-state index contributed by atoms with van der Waals surface area (Å²) in [5.41, 5.74) is 7.94. The van der Waals surface area contributed by atoms with E-state index < -0.39 is 0 Å². The van der Waals surface area contributed by atoms with Crippen molar-refractivity contribution in [2.45, 2.75) is 20.3 Å². The van der Waals surface area contributed by atoms with Gasteiger partial charge in [0, 0.05) is 17.1 Å². The molecule has 0 atom stereocenters. The third kappa shape index (κ3) is 3.58. The van der Waals surface area contributed by atoms with Crippen LogP contribution in [0.5, 0.6) is 0 Å². The lowest BCUT2D eigenvalue weighted by Gasteiger charge is -2.10. The van der Waals surface area contributed by atoms with Gasteiger partial charge >= 0.3 is 0 Å². The minimum atomic E-state index is 0.529. The van der Waals surface area contributed by atoms with Gasteiger partial charge in [0.25, 0.3) is 0 Å². The second kappa shape index (κ2) is 5.89. The van der Waals surface area contributed by atoms with Crippen LogP contribution in [-0.2, 0) is 6.42 Å². The highest BCUT2D eigenvalue weighted by Crippen LogP contribution is 2.17. The summed E-state index contributed by atoms with van der Waals surface area (Å²) in [7, 11) is 0. The van der Waals surface area contributed by atoms with E-state index in [4.69, 9.17) is 17.3 Å². The molecule has 0 saturated heterocycles. The van der Waals surface area contributed by atoms with E-state index in [2.05, 4.69) is 15.3 Å². The maximum absolute atomic E-state index is 5.85. The van der Waals surface area contributed by atoms with Gasteiger partial charge < -0.3 is 11.1 Å². The molecule has 4 nitrogen and oxygen atoms in total. The average Bonchev–Trinajstić information content (AvgIpc) is 2.37. The molecule has 1 aromatic heterocycles. The van der Waals surface area contributed by atoms with E-state index in [-0.39, 0.29) is 0 Å². The molecule has 0 fully saturated rings. The molecule has 0 saturated carbocycles. The highest BCUT2D eigenvalue weighted by atomic mass is 35.5. The van der Waals surface area contributed by atoms with Crippen molar-refractivity contribution in [1.29, 1.82) is 0 Å². The van der Waals surface area contributed by atoms with E-state index in [9.17, 15) is 0 Å². The summed E-state index contributed by atoms with van der Waals surface area (Å²) >= 11 is 5.85. The number of nitrogen functional groups attached to an aromatic ring is 1. The Morgan fingerprint density at radius 3 is 2.53 bits per heavy atom. The molecule has 0 spiro atoms. The van der Waals surface area contributed by atoms with Gasteiger partial charge in [0.15, 0.2) is 0 Å². The molecule has 100 valence electrons. The van der Waals surface area contributed by atoms with Gasteiger partial charge in [-0.15, -0.1) is 0 Å². The molecule has 3 N–H and O–H groups in total. The highest BCUT2D eigenvalue weighted by Gasteiger charge is 2.05. The summed E-state index contributed by atoms with van der Waals surface area (Å²) < 4.78 is 0. The third-order valence-electron chi connectivity index (χ3n) is 2.91. The van der Waals surface area contributed by atoms with E-state index in [0.29, 0.717) is 11.6 Å². The number of nitrogens with zero attached hydrogens (tertiary/aromatic N) is 2. The van der Waals surface area contributed by atoms with Crippen molar-refractivity contribution in [3.8, 4) is 0 Å². The van der Waals surface area contributed by atoms with Crippen molar-refractivity contribution in [1.82, 2.24) is 9.97 Å². The minimum Gasteiger partial charge on any atom is -0.383 e. The number of hydrogen-bond donors (Lipinski definition) is 2. The Bertz CT molecular complexity index is 566. The number of aryl methyl sites for hydroxylation is 1. The Balaban J connectivity index is 1.98. The summed E-state index contributed by atoms with van der Waals surface area (Å²) in [4.78, 5) is 8.48. The van der Waals surface area contributed by atoms with Crippen molar-refractivity contribution in [2.24, 2.45) is 0 Å². The maximum Gasteiger partial charge on any atom is 0.134 e. The van der Waals surface area contributed by atoms with E-state index >= 15 is 0 Å². The Kier molecular flexibility index (Phi) is 4.22. The van der Waals surface area contributed by atoms with Gasteiger partial charge in [-0.25, -0.2) is 9.97 Å². The van der Waals surface area contributed by atoms with Gasteiger partial charge in [0.2, 0.25) is 0 Å². The topological polar surface area (TPSA) is 63.8 Å². The molecule has 1 aromatic carbocycles. The fourth-order valence-corrected chi connectivity index (χ4v) is 1.92. The lowest BCUT2D eigenvalue weighted by molar-refractivity contribution is 0.974. The highest BCUT2D eigenvalue weighted by molar-refractivity contribution is 6.30. The van der Waals surface area contributed by atoms with E-state index in [1.165, 1.54) is 5.56 Å². The van der Waals surface area contributed by atoms with Gasteiger partial charge in [0.1, 0.15) is 17.5 Å². The first-order chi connectivity index (χ1) is 9.06. The van der Waals surface area contributed by atoms with Crippen LogP contribution >= 0.6 is 11.6 Å². The van der Waals surface area contributed by atoms with Crippen LogP contribution in [0.2, 0.25) is 5.02 Å². The van der Waals surface area contributed by atoms with Crippen LogP contribution in [0.1, 0.15) is 17.0 Å². The van der Waals surface area contributed by atoms with Crippen molar-refractivity contribution in [3.63, 3.8) is 0 Å². The number of anilines is 2. The largest absolute Gasteiger partial charge is 0.383 e. The van der Waals surface area contributed by atoms with Crippen molar-refractivity contribution >= 4 is 23.2 Å². The number of aromatic nitrogens is 2. The van der Waals surface area contributed by atoms with Crippen molar-refractivity contribution in [2.75, 3.05) is 17.6 Å².